The van der Waals surface area contributed by atoms with E-state index in [1.807, 2.05) is 14.1 Å². The third kappa shape index (κ3) is 7.31. The van der Waals surface area contributed by atoms with Crippen molar-refractivity contribution >= 4 is 29.2 Å². The molecule has 202 valence electrons. The van der Waals surface area contributed by atoms with Crippen LogP contribution in [0.25, 0.3) is 0 Å². The Labute approximate surface area is 218 Å². The molecule has 3 N–H and O–H groups in total. The van der Waals surface area contributed by atoms with Crippen LogP contribution in [-0.2, 0) is 17.4 Å². The van der Waals surface area contributed by atoms with Crippen molar-refractivity contribution in [2.45, 2.75) is 50.4 Å². The number of hydrogen-bond acceptors (Lipinski definition) is 5. The standard InChI is InChI=1S/C26H29F3N6O3/c1-34(2)21-9-6-10-22(15-21)35-16-24(38-33-35)32-25(37)31-20-13-18(26(27,28)29)12-19(14-20)30-23(36)11-17-7-4-3-5-8-17/h3-5,7-8,12-14,16,21-22H,6,9-11,15H2,1-2H3,(H2-,30,31,32,33,36,37)/p+1/t21-,22+/m0/s1. The summed E-state index contributed by atoms with van der Waals surface area (Å²) in [5, 5.41) is 11.3. The molecule has 2 atom stereocenters. The molecule has 4 rings (SSSR count). The highest BCUT2D eigenvalue weighted by Crippen LogP contribution is 2.33. The van der Waals surface area contributed by atoms with Gasteiger partial charge in [-0.3, -0.25) is 14.6 Å². The monoisotopic (exact) mass is 531 g/mol. The molecule has 12 heteroatoms. The average Bonchev–Trinajstić information content (AvgIpc) is 3.32. The van der Waals surface area contributed by atoms with E-state index in [1.165, 1.54) is 6.07 Å². The number of nitrogens with one attached hydrogen (secondary N) is 3. The number of carbonyl (C=O) groups is 2. The number of carbonyl (C=O) groups excluding carboxylic acids is 2. The van der Waals surface area contributed by atoms with Crippen LogP contribution in [0.3, 0.4) is 0 Å². The topological polar surface area (TPSA) is 103 Å². The summed E-state index contributed by atoms with van der Waals surface area (Å²) in [4.78, 5) is 27.1. The highest BCUT2D eigenvalue weighted by molar-refractivity contribution is 6.00. The number of anilines is 3. The molecule has 0 saturated heterocycles. The molecule has 2 aromatic carbocycles. The quantitative estimate of drug-likeness (QED) is 0.378. The van der Waals surface area contributed by atoms with Crippen molar-refractivity contribution in [2.75, 3.05) is 30.0 Å². The van der Waals surface area contributed by atoms with Crippen LogP contribution in [0.4, 0.5) is 35.2 Å². The Morgan fingerprint density at radius 3 is 2.45 bits per heavy atom. The molecular formula is C26H30F3N6O3+. The first-order valence-corrected chi connectivity index (χ1v) is 12.3. The van der Waals surface area contributed by atoms with E-state index in [4.69, 9.17) is 4.52 Å². The number of alkyl halides is 3. The molecule has 1 heterocycles. The summed E-state index contributed by atoms with van der Waals surface area (Å²) in [6.07, 6.45) is 0.812. The lowest BCUT2D eigenvalue weighted by molar-refractivity contribution is -0.787. The van der Waals surface area contributed by atoms with Crippen LogP contribution in [-0.4, -0.2) is 42.2 Å². The van der Waals surface area contributed by atoms with Gasteiger partial charge in [0.15, 0.2) is 6.04 Å². The van der Waals surface area contributed by atoms with Gasteiger partial charge < -0.3 is 15.5 Å². The number of halogens is 3. The van der Waals surface area contributed by atoms with Gasteiger partial charge in [-0.05, 0) is 55.4 Å². The first-order valence-electron chi connectivity index (χ1n) is 12.3. The summed E-state index contributed by atoms with van der Waals surface area (Å²) >= 11 is 0. The van der Waals surface area contributed by atoms with Crippen molar-refractivity contribution in [3.05, 3.63) is 65.9 Å². The molecule has 0 spiro atoms. The van der Waals surface area contributed by atoms with Gasteiger partial charge in [0.05, 0.1) is 12.0 Å². The maximum atomic E-state index is 13.5. The minimum absolute atomic E-state index is 0.0118. The van der Waals surface area contributed by atoms with Crippen molar-refractivity contribution in [3.63, 3.8) is 0 Å². The summed E-state index contributed by atoms with van der Waals surface area (Å²) in [5.74, 6) is -0.436. The first-order chi connectivity index (χ1) is 18.1. The lowest BCUT2D eigenvalue weighted by Gasteiger charge is -2.29. The summed E-state index contributed by atoms with van der Waals surface area (Å²) in [6, 6.07) is 11.4. The zero-order valence-electron chi connectivity index (χ0n) is 21.1. The largest absolute Gasteiger partial charge is 0.416 e. The van der Waals surface area contributed by atoms with Crippen molar-refractivity contribution in [1.29, 1.82) is 0 Å². The molecule has 0 aliphatic heterocycles. The molecule has 38 heavy (non-hydrogen) atoms. The highest BCUT2D eigenvalue weighted by atomic mass is 19.4. The molecule has 0 unspecified atom stereocenters. The van der Waals surface area contributed by atoms with Gasteiger partial charge in [-0.15, -0.1) is 0 Å². The molecule has 1 aliphatic rings. The van der Waals surface area contributed by atoms with Crippen LogP contribution in [0.15, 0.2) is 59.3 Å². The van der Waals surface area contributed by atoms with Crippen LogP contribution in [0.1, 0.15) is 42.9 Å². The number of amides is 3. The van der Waals surface area contributed by atoms with E-state index < -0.39 is 23.7 Å². The second kappa shape index (κ2) is 11.6. The van der Waals surface area contributed by atoms with Gasteiger partial charge in [-0.2, -0.15) is 13.2 Å². The first kappa shape index (κ1) is 27.1. The van der Waals surface area contributed by atoms with Crippen molar-refractivity contribution in [2.24, 2.45) is 0 Å². The molecule has 0 bridgehead atoms. The molecule has 1 aliphatic carbocycles. The normalized spacial score (nSPS) is 17.7. The lowest BCUT2D eigenvalue weighted by atomic mass is 9.90. The number of aromatic nitrogens is 2. The van der Waals surface area contributed by atoms with Crippen LogP contribution >= 0.6 is 0 Å². The Morgan fingerprint density at radius 1 is 1.05 bits per heavy atom. The predicted octanol–water partition coefficient (Wildman–Crippen LogP) is 4.85. The molecular weight excluding hydrogens is 501 g/mol. The third-order valence-electron chi connectivity index (χ3n) is 6.45. The van der Waals surface area contributed by atoms with Gasteiger partial charge in [-0.25, -0.2) is 4.79 Å². The number of benzene rings is 2. The van der Waals surface area contributed by atoms with Gasteiger partial charge in [0, 0.05) is 30.3 Å². The maximum Gasteiger partial charge on any atom is 0.416 e. The summed E-state index contributed by atoms with van der Waals surface area (Å²) in [7, 11) is 4.07. The van der Waals surface area contributed by atoms with Gasteiger partial charge in [0.2, 0.25) is 11.2 Å². The molecule has 1 aromatic heterocycles. The second-order valence-electron chi connectivity index (χ2n) is 9.57. The number of rotatable bonds is 7. The van der Waals surface area contributed by atoms with Gasteiger partial charge in [0.25, 0.3) is 6.20 Å². The Bertz CT molecular complexity index is 1260. The van der Waals surface area contributed by atoms with Crippen LogP contribution < -0.4 is 20.6 Å². The smallest absolute Gasteiger partial charge is 0.326 e. The molecule has 9 nitrogen and oxygen atoms in total. The van der Waals surface area contributed by atoms with Crippen LogP contribution in [0, 0.1) is 0 Å². The van der Waals surface area contributed by atoms with E-state index in [-0.39, 0.29) is 29.7 Å². The summed E-state index contributed by atoms with van der Waals surface area (Å²) < 4.78 is 47.4. The molecule has 3 aromatic rings. The fourth-order valence-corrected chi connectivity index (χ4v) is 4.53. The molecule has 1 saturated carbocycles. The average molecular weight is 532 g/mol. The van der Waals surface area contributed by atoms with Crippen LogP contribution in [0.5, 0.6) is 0 Å². The summed E-state index contributed by atoms with van der Waals surface area (Å²) in [5.41, 5.74) is -0.554. The van der Waals surface area contributed by atoms with Gasteiger partial charge in [-0.1, -0.05) is 30.3 Å². The Morgan fingerprint density at radius 2 is 1.76 bits per heavy atom. The number of urea groups is 1. The SMILES string of the molecule is CN(C)[C@H]1CCC[C@@H]([n+]2cc(NC(=O)Nc3cc(NC(=O)Cc4ccccc4)cc(C(F)(F)F)c3)on2)C1. The van der Waals surface area contributed by atoms with E-state index in [0.717, 1.165) is 37.8 Å². The second-order valence-corrected chi connectivity index (χ2v) is 9.57. The number of hydrogen-bond donors (Lipinski definition) is 3. The van der Waals surface area contributed by atoms with Crippen molar-refractivity contribution in [3.8, 4) is 0 Å². The third-order valence-corrected chi connectivity index (χ3v) is 6.45. The van der Waals surface area contributed by atoms with E-state index in [0.29, 0.717) is 11.6 Å². The van der Waals surface area contributed by atoms with E-state index in [2.05, 4.69) is 26.1 Å². The van der Waals surface area contributed by atoms with E-state index in [9.17, 15) is 22.8 Å². The fraction of sp³-hybridized carbons (Fsp3) is 0.385. The maximum absolute atomic E-state index is 13.5. The van der Waals surface area contributed by atoms with Gasteiger partial charge in [0.1, 0.15) is 0 Å². The molecule has 3 amide bonds. The molecule has 1 fully saturated rings. The lowest BCUT2D eigenvalue weighted by Crippen LogP contribution is -2.46. The fourth-order valence-electron chi connectivity index (χ4n) is 4.53. The summed E-state index contributed by atoms with van der Waals surface area (Å²) in [6.45, 7) is 0. The number of nitrogens with zero attached hydrogens (tertiary/aromatic N) is 3. The minimum atomic E-state index is -4.69. The van der Waals surface area contributed by atoms with Crippen LogP contribution in [0.2, 0.25) is 0 Å². The highest BCUT2D eigenvalue weighted by Gasteiger charge is 2.33. The molecule has 0 radical (unpaired) electrons. The Hall–Kier alpha value is -3.93. The zero-order valence-corrected chi connectivity index (χ0v) is 21.1. The van der Waals surface area contributed by atoms with E-state index in [1.54, 1.807) is 41.2 Å². The van der Waals surface area contributed by atoms with Gasteiger partial charge >= 0.3 is 18.1 Å². The Balaban J connectivity index is 1.42. The van der Waals surface area contributed by atoms with E-state index >= 15 is 0 Å². The van der Waals surface area contributed by atoms with Crippen molar-refractivity contribution in [1.82, 2.24) is 10.2 Å². The Kier molecular flexibility index (Phi) is 8.30. The zero-order chi connectivity index (χ0) is 27.3. The minimum Gasteiger partial charge on any atom is -0.326 e. The predicted molar refractivity (Wildman–Crippen MR) is 135 cm³/mol. The van der Waals surface area contributed by atoms with Crippen molar-refractivity contribution < 1.29 is 32.0 Å².